The number of para-hydroxylation sites is 2. The fourth-order valence-electron chi connectivity index (χ4n) is 3.65. The molecule has 0 unspecified atom stereocenters. The molecule has 0 radical (unpaired) electrons. The van der Waals surface area contributed by atoms with Gasteiger partial charge in [-0.2, -0.15) is 11.3 Å². The molecule has 2 amide bonds. The van der Waals surface area contributed by atoms with Crippen molar-refractivity contribution in [3.8, 4) is 0 Å². The van der Waals surface area contributed by atoms with Crippen LogP contribution in [0.5, 0.6) is 0 Å². The Morgan fingerprint density at radius 2 is 2.04 bits per heavy atom. The average Bonchev–Trinajstić information content (AvgIpc) is 3.29. The summed E-state index contributed by atoms with van der Waals surface area (Å²) in [6.07, 6.45) is 1.56. The maximum atomic E-state index is 12.5. The van der Waals surface area contributed by atoms with E-state index >= 15 is 0 Å². The smallest absolute Gasteiger partial charge is 0.326 e. The third-order valence-corrected chi connectivity index (χ3v) is 5.83. The predicted octanol–water partition coefficient (Wildman–Crippen LogP) is 3.50. The molecule has 4 rings (SSSR count). The summed E-state index contributed by atoms with van der Waals surface area (Å²) in [6.45, 7) is 3.30. The molecular formula is C19H22N4O2S. The van der Waals surface area contributed by atoms with Gasteiger partial charge in [0.25, 0.3) is 0 Å². The molecule has 136 valence electrons. The van der Waals surface area contributed by atoms with Crippen molar-refractivity contribution in [1.82, 2.24) is 19.8 Å². The number of thiophene rings is 1. The van der Waals surface area contributed by atoms with Gasteiger partial charge in [-0.25, -0.2) is 9.59 Å². The van der Waals surface area contributed by atoms with E-state index in [1.54, 1.807) is 11.3 Å². The van der Waals surface area contributed by atoms with Gasteiger partial charge in [-0.15, -0.1) is 0 Å². The maximum Gasteiger partial charge on any atom is 0.326 e. The van der Waals surface area contributed by atoms with Gasteiger partial charge in [0.2, 0.25) is 0 Å². The third-order valence-electron chi connectivity index (χ3n) is 5.12. The Balaban J connectivity index is 1.41. The van der Waals surface area contributed by atoms with E-state index in [9.17, 15) is 9.59 Å². The number of hydrogen-bond acceptors (Lipinski definition) is 3. The number of likely N-dealkylation sites (tertiary alicyclic amines) is 1. The van der Waals surface area contributed by atoms with Crippen LogP contribution in [0.3, 0.4) is 0 Å². The molecule has 0 saturated carbocycles. The molecule has 0 spiro atoms. The summed E-state index contributed by atoms with van der Waals surface area (Å²) >= 11 is 1.63. The molecule has 1 aromatic carbocycles. The van der Waals surface area contributed by atoms with Crippen molar-refractivity contribution >= 4 is 28.4 Å². The zero-order valence-corrected chi connectivity index (χ0v) is 15.5. The first-order valence-corrected chi connectivity index (χ1v) is 9.84. The number of hydrogen-bond donors (Lipinski definition) is 2. The SMILES string of the molecule is C[C@H](NC(=O)N1CCC(n2c(=O)[nH]c3ccccc32)CC1)c1ccsc1. The Labute approximate surface area is 155 Å². The number of H-pyrrole nitrogens is 1. The van der Waals surface area contributed by atoms with Crippen LogP contribution in [-0.2, 0) is 0 Å². The van der Waals surface area contributed by atoms with Gasteiger partial charge in [-0.05, 0) is 54.3 Å². The van der Waals surface area contributed by atoms with Crippen molar-refractivity contribution in [3.05, 3.63) is 57.1 Å². The number of carbonyl (C=O) groups is 1. The lowest BCUT2D eigenvalue weighted by Crippen LogP contribution is -2.46. The number of benzene rings is 1. The number of carbonyl (C=O) groups excluding carboxylic acids is 1. The van der Waals surface area contributed by atoms with Crippen molar-refractivity contribution in [3.63, 3.8) is 0 Å². The Bertz CT molecular complexity index is 951. The van der Waals surface area contributed by atoms with Crippen molar-refractivity contribution < 1.29 is 4.79 Å². The summed E-state index contributed by atoms with van der Waals surface area (Å²) in [5.74, 6) is 0. The van der Waals surface area contributed by atoms with Gasteiger partial charge in [0.1, 0.15) is 0 Å². The summed E-state index contributed by atoms with van der Waals surface area (Å²) < 4.78 is 1.85. The van der Waals surface area contributed by atoms with Crippen LogP contribution < -0.4 is 11.0 Å². The van der Waals surface area contributed by atoms with Crippen LogP contribution in [0.15, 0.2) is 45.9 Å². The largest absolute Gasteiger partial charge is 0.331 e. The van der Waals surface area contributed by atoms with Crippen LogP contribution in [0.1, 0.15) is 37.4 Å². The molecule has 3 heterocycles. The Hall–Kier alpha value is -2.54. The number of amides is 2. The molecule has 1 saturated heterocycles. The predicted molar refractivity (Wildman–Crippen MR) is 104 cm³/mol. The summed E-state index contributed by atoms with van der Waals surface area (Å²) in [5, 5.41) is 7.13. The van der Waals surface area contributed by atoms with Gasteiger partial charge in [0.15, 0.2) is 0 Å². The fraction of sp³-hybridized carbons (Fsp3) is 0.368. The van der Waals surface area contributed by atoms with Crippen molar-refractivity contribution in [2.24, 2.45) is 0 Å². The number of urea groups is 1. The highest BCUT2D eigenvalue weighted by molar-refractivity contribution is 7.07. The molecule has 1 aliphatic heterocycles. The highest BCUT2D eigenvalue weighted by Crippen LogP contribution is 2.25. The van der Waals surface area contributed by atoms with Crippen LogP contribution in [0.2, 0.25) is 0 Å². The number of fused-ring (bicyclic) bond motifs is 1. The first-order valence-electron chi connectivity index (χ1n) is 8.90. The second-order valence-corrected chi connectivity index (χ2v) is 7.54. The molecule has 7 heteroatoms. The van der Waals surface area contributed by atoms with Crippen molar-refractivity contribution in [2.75, 3.05) is 13.1 Å². The zero-order chi connectivity index (χ0) is 18.1. The van der Waals surface area contributed by atoms with E-state index in [0.717, 1.165) is 29.4 Å². The zero-order valence-electron chi connectivity index (χ0n) is 14.6. The Morgan fingerprint density at radius 1 is 1.27 bits per heavy atom. The maximum absolute atomic E-state index is 12.5. The minimum absolute atomic E-state index is 0.00251. The number of rotatable bonds is 3. The van der Waals surface area contributed by atoms with Crippen LogP contribution in [0, 0.1) is 0 Å². The molecule has 1 atom stereocenters. The summed E-state index contributed by atoms with van der Waals surface area (Å²) in [6, 6.07) is 9.88. The molecule has 0 aliphatic carbocycles. The molecular weight excluding hydrogens is 348 g/mol. The van der Waals surface area contributed by atoms with Crippen LogP contribution in [0.4, 0.5) is 4.79 Å². The van der Waals surface area contributed by atoms with Gasteiger partial charge in [0, 0.05) is 19.1 Å². The molecule has 26 heavy (non-hydrogen) atoms. The lowest BCUT2D eigenvalue weighted by Gasteiger charge is -2.33. The van der Waals surface area contributed by atoms with Gasteiger partial charge in [-0.1, -0.05) is 12.1 Å². The van der Waals surface area contributed by atoms with Crippen LogP contribution >= 0.6 is 11.3 Å². The summed E-state index contributed by atoms with van der Waals surface area (Å²) in [7, 11) is 0. The standard InChI is InChI=1S/C19H22N4O2S/c1-13(14-8-11-26-12-14)20-18(24)22-9-6-15(7-10-22)23-17-5-3-2-4-16(17)21-19(23)25/h2-5,8,11-13,15H,6-7,9-10H2,1H3,(H,20,24)(H,21,25)/t13-/m0/s1. The number of aromatic amines is 1. The van der Waals surface area contributed by atoms with E-state index in [1.165, 1.54) is 0 Å². The Morgan fingerprint density at radius 3 is 2.77 bits per heavy atom. The van der Waals surface area contributed by atoms with Crippen molar-refractivity contribution in [1.29, 1.82) is 0 Å². The number of imidazole rings is 1. The van der Waals surface area contributed by atoms with E-state index in [1.807, 2.05) is 52.1 Å². The fourth-order valence-corrected chi connectivity index (χ4v) is 4.40. The number of nitrogens with one attached hydrogen (secondary N) is 2. The molecule has 6 nitrogen and oxygen atoms in total. The van der Waals surface area contributed by atoms with Gasteiger partial charge in [-0.3, -0.25) is 4.57 Å². The van der Waals surface area contributed by atoms with Gasteiger partial charge in [0.05, 0.1) is 17.1 Å². The van der Waals surface area contributed by atoms with Gasteiger partial charge < -0.3 is 15.2 Å². The molecule has 2 aromatic heterocycles. The first-order chi connectivity index (χ1) is 12.6. The average molecular weight is 370 g/mol. The number of nitrogens with zero attached hydrogens (tertiary/aromatic N) is 2. The minimum atomic E-state index is -0.0693. The van der Waals surface area contributed by atoms with Gasteiger partial charge >= 0.3 is 11.7 Å². The van der Waals surface area contributed by atoms with E-state index in [-0.39, 0.29) is 23.8 Å². The van der Waals surface area contributed by atoms with E-state index < -0.39 is 0 Å². The monoisotopic (exact) mass is 370 g/mol. The molecule has 0 bridgehead atoms. The van der Waals surface area contributed by atoms with Crippen LogP contribution in [0.25, 0.3) is 11.0 Å². The van der Waals surface area contributed by atoms with Crippen LogP contribution in [-0.4, -0.2) is 33.6 Å². The Kier molecular flexibility index (Phi) is 4.55. The second-order valence-electron chi connectivity index (χ2n) is 6.76. The number of aromatic nitrogens is 2. The summed E-state index contributed by atoms with van der Waals surface area (Å²) in [5.41, 5.74) is 2.86. The highest BCUT2D eigenvalue weighted by atomic mass is 32.1. The van der Waals surface area contributed by atoms with Crippen molar-refractivity contribution in [2.45, 2.75) is 31.8 Å². The molecule has 1 aliphatic rings. The van der Waals surface area contributed by atoms with E-state index in [0.29, 0.717) is 13.1 Å². The van der Waals surface area contributed by atoms with E-state index in [4.69, 9.17) is 0 Å². The summed E-state index contributed by atoms with van der Waals surface area (Å²) in [4.78, 5) is 29.6. The third kappa shape index (κ3) is 3.14. The topological polar surface area (TPSA) is 70.1 Å². The highest BCUT2D eigenvalue weighted by Gasteiger charge is 2.26. The lowest BCUT2D eigenvalue weighted by atomic mass is 10.0. The second kappa shape index (κ2) is 6.99. The molecule has 1 fully saturated rings. The number of piperidine rings is 1. The first kappa shape index (κ1) is 16.9. The quantitative estimate of drug-likeness (QED) is 0.741. The normalized spacial score (nSPS) is 16.7. The molecule has 2 N–H and O–H groups in total. The minimum Gasteiger partial charge on any atom is -0.331 e. The molecule has 3 aromatic rings. The van der Waals surface area contributed by atoms with E-state index in [2.05, 4.69) is 15.7 Å². The lowest BCUT2D eigenvalue weighted by molar-refractivity contribution is 0.169.